The summed E-state index contributed by atoms with van der Waals surface area (Å²) in [5.41, 5.74) is -7.07. The van der Waals surface area contributed by atoms with Gasteiger partial charge in [0.2, 0.25) is 22.8 Å². The molecule has 4 aliphatic rings. The summed E-state index contributed by atoms with van der Waals surface area (Å²) in [5.74, 6) is 1.91. The Morgan fingerprint density at radius 3 is 0.988 bits per heavy atom. The van der Waals surface area contributed by atoms with Crippen molar-refractivity contribution in [3.05, 3.63) is 42.5 Å². The van der Waals surface area contributed by atoms with Crippen LogP contribution in [0, 0.1) is 0 Å². The van der Waals surface area contributed by atoms with Gasteiger partial charge in [-0.3, -0.25) is 0 Å². The molecule has 81 heavy (non-hydrogen) atoms. The second-order valence-corrected chi connectivity index (χ2v) is 46.9. The van der Waals surface area contributed by atoms with Crippen LogP contribution in [0.3, 0.4) is 0 Å². The Kier molecular flexibility index (Phi) is 37.9. The van der Waals surface area contributed by atoms with Gasteiger partial charge in [0.25, 0.3) is 0 Å². The van der Waals surface area contributed by atoms with E-state index in [1.165, 1.54) is 115 Å². The van der Waals surface area contributed by atoms with Crippen LogP contribution in [-0.4, -0.2) is 125 Å². The van der Waals surface area contributed by atoms with Crippen LogP contribution >= 0.6 is 76.2 Å². The fraction of sp³-hybridized carbons (Fsp3) is 0.778. The minimum Gasteiger partial charge on any atom is -0.490 e. The molecule has 0 aromatic heterocycles. The number of hydrogen-bond acceptors (Lipinski definition) is 22. The normalized spacial score (nSPS) is 20.9. The van der Waals surface area contributed by atoms with Gasteiger partial charge in [-0.2, -0.15) is 0 Å². The lowest BCUT2D eigenvalue weighted by atomic mass is 9.99. The number of benzene rings is 2. The van der Waals surface area contributed by atoms with E-state index < -0.39 is 22.8 Å². The highest BCUT2D eigenvalue weighted by Gasteiger charge is 2.41. The van der Waals surface area contributed by atoms with E-state index in [4.69, 9.17) is 112 Å². The molecule has 468 valence electrons. The van der Waals surface area contributed by atoms with Crippen LogP contribution in [0.15, 0.2) is 42.5 Å². The lowest BCUT2D eigenvalue weighted by Crippen LogP contribution is -2.34. The first-order valence-corrected chi connectivity index (χ1v) is 46.9. The van der Waals surface area contributed by atoms with Crippen molar-refractivity contribution in [2.24, 2.45) is 0 Å². The van der Waals surface area contributed by atoms with Crippen molar-refractivity contribution in [2.75, 3.05) is 79.3 Å². The SMILES string of the molecule is CC(C)Oc1cccc(OC(C)C)c1-c1ccccc1P(C1CCCCC1)C1CCCCC1.CCOP(=S)(OCC)SC1OCCOC1SP(=S)(OCC)OCC.CCOP(=S)(OCC)SC1OCCOC1SP(=S)(OCC)OCC. The summed E-state index contributed by atoms with van der Waals surface area (Å²) >= 11 is 27.8. The molecule has 2 saturated heterocycles. The molecule has 0 N–H and O–H groups in total. The van der Waals surface area contributed by atoms with Crippen molar-refractivity contribution < 1.29 is 64.6 Å². The lowest BCUT2D eigenvalue weighted by molar-refractivity contribution is -0.0654. The Labute approximate surface area is 526 Å². The van der Waals surface area contributed by atoms with Crippen molar-refractivity contribution in [3.8, 4) is 22.6 Å². The second-order valence-electron chi connectivity index (χ2n) is 19.0. The van der Waals surface area contributed by atoms with Crippen molar-refractivity contribution in [1.82, 2.24) is 0 Å². The van der Waals surface area contributed by atoms with E-state index in [0.29, 0.717) is 79.3 Å². The van der Waals surface area contributed by atoms with Gasteiger partial charge in [-0.15, -0.1) is 0 Å². The Morgan fingerprint density at radius 1 is 0.432 bits per heavy atom. The Balaban J connectivity index is 0.000000267. The molecule has 2 saturated carbocycles. The summed E-state index contributed by atoms with van der Waals surface area (Å²) in [6, 6.07) is 15.6. The quantitative estimate of drug-likeness (QED) is 0.0644. The van der Waals surface area contributed by atoms with E-state index in [1.54, 1.807) is 5.30 Å². The molecule has 4 unspecified atom stereocenters. The molecule has 2 aromatic rings. The molecule has 14 nitrogen and oxygen atoms in total. The van der Waals surface area contributed by atoms with E-state index in [2.05, 4.69) is 70.2 Å². The third-order valence-corrected chi connectivity index (χ3v) is 37.7. The van der Waals surface area contributed by atoms with Crippen LogP contribution in [0.2, 0.25) is 0 Å². The average molecular weight is 1380 g/mol. The van der Waals surface area contributed by atoms with Gasteiger partial charge in [-0.1, -0.05) is 76.8 Å². The molecule has 0 amide bonds. The van der Waals surface area contributed by atoms with Crippen LogP contribution in [0.4, 0.5) is 0 Å². The van der Waals surface area contributed by atoms with Gasteiger partial charge in [0, 0.05) is 0 Å². The van der Waals surface area contributed by atoms with Gasteiger partial charge >= 0.3 is 0 Å². The number of hydrogen-bond donors (Lipinski definition) is 0. The van der Waals surface area contributed by atoms with Crippen molar-refractivity contribution in [3.63, 3.8) is 0 Å². The van der Waals surface area contributed by atoms with Gasteiger partial charge < -0.3 is 64.6 Å². The Bertz CT molecular complexity index is 2020. The average Bonchev–Trinajstić information content (AvgIpc) is 3.42. The molecular formula is C54H95O14P5S8. The molecule has 6 rings (SSSR count). The van der Waals surface area contributed by atoms with Gasteiger partial charge in [0.05, 0.1) is 97.1 Å². The topological polar surface area (TPSA) is 129 Å². The number of rotatable bonds is 32. The van der Waals surface area contributed by atoms with E-state index >= 15 is 0 Å². The third-order valence-electron chi connectivity index (χ3n) is 12.1. The van der Waals surface area contributed by atoms with E-state index in [-0.39, 0.29) is 41.9 Å². The predicted molar refractivity (Wildman–Crippen MR) is 363 cm³/mol. The summed E-state index contributed by atoms with van der Waals surface area (Å²) in [6.45, 7) is 29.5. The van der Waals surface area contributed by atoms with Crippen LogP contribution < -0.4 is 14.8 Å². The monoisotopic (exact) mass is 1380 g/mol. The summed E-state index contributed by atoms with van der Waals surface area (Å²) in [4.78, 5) is 0. The van der Waals surface area contributed by atoms with Gasteiger partial charge in [0.1, 0.15) is 33.2 Å². The highest BCUT2D eigenvalue weighted by atomic mass is 32.9. The second kappa shape index (κ2) is 40.7. The molecule has 4 atom stereocenters. The molecule has 2 aliphatic heterocycles. The summed E-state index contributed by atoms with van der Waals surface area (Å²) in [6.07, 6.45) is 14.4. The maximum atomic E-state index is 6.37. The van der Waals surface area contributed by atoms with Crippen molar-refractivity contribution >= 4 is 129 Å². The fourth-order valence-corrected chi connectivity index (χ4v) is 35.2. The van der Waals surface area contributed by atoms with Crippen LogP contribution in [-0.2, 0) is 102 Å². The summed E-state index contributed by atoms with van der Waals surface area (Å²) in [7, 11) is -0.213. The van der Waals surface area contributed by atoms with Crippen LogP contribution in [0.5, 0.6) is 11.5 Å². The molecule has 2 aromatic carbocycles. The van der Waals surface area contributed by atoms with Crippen LogP contribution in [0.1, 0.15) is 147 Å². The van der Waals surface area contributed by atoms with E-state index in [9.17, 15) is 0 Å². The smallest absolute Gasteiger partial charge is 0.249 e. The Morgan fingerprint density at radius 2 is 0.716 bits per heavy atom. The molecule has 4 fully saturated rings. The minimum absolute atomic E-state index is 0.128. The van der Waals surface area contributed by atoms with E-state index in [1.807, 2.05) is 55.4 Å². The molecule has 0 radical (unpaired) electrons. The molecule has 27 heteroatoms. The molecular weight excluding hydrogens is 1280 g/mol. The first kappa shape index (κ1) is 75.4. The largest absolute Gasteiger partial charge is 0.490 e. The minimum atomic E-state index is -2.49. The van der Waals surface area contributed by atoms with Crippen molar-refractivity contribution in [1.29, 1.82) is 0 Å². The maximum Gasteiger partial charge on any atom is 0.249 e. The highest BCUT2D eigenvalue weighted by Crippen LogP contribution is 2.70. The van der Waals surface area contributed by atoms with Crippen molar-refractivity contribution in [2.45, 2.75) is 193 Å². The maximum absolute atomic E-state index is 6.37. The Hall–Kier alpha value is 1.99. The molecule has 2 aliphatic carbocycles. The zero-order valence-corrected chi connectivity index (χ0v) is 60.9. The van der Waals surface area contributed by atoms with Crippen LogP contribution in [0.25, 0.3) is 11.1 Å². The van der Waals surface area contributed by atoms with Gasteiger partial charge in [-0.25, -0.2) is 0 Å². The molecule has 0 spiro atoms. The summed E-state index contributed by atoms with van der Waals surface area (Å²) in [5, 5.41) is 1.60. The van der Waals surface area contributed by atoms with Gasteiger partial charge in [-0.05, 0) is 236 Å². The first-order chi connectivity index (χ1) is 38.9. The molecule has 2 heterocycles. The summed E-state index contributed by atoms with van der Waals surface area (Å²) < 4.78 is 81.7. The lowest BCUT2D eigenvalue weighted by Gasteiger charge is -2.39. The molecule has 0 bridgehead atoms. The standard InChI is InChI=1S/C30H43O2P.2C12H26O6P2S4/c1-22(2)31-27-19-13-20-28(32-23(3)4)30(27)26-18-11-12-21-29(26)33(24-14-7-5-8-15-24)25-16-9-6-10-17-25;2*1-5-15-19(21,16-6-2)23-11-12(14-10-9-13-11)24-20(22,17-7-3)18-8-4/h11-13,18-25H,5-10,14-17H2,1-4H3;2*11-12H,5-10H2,1-4H3. The fourth-order valence-electron chi connectivity index (χ4n) is 9.26. The zero-order chi connectivity index (χ0) is 59.3. The third kappa shape index (κ3) is 26.4. The highest BCUT2D eigenvalue weighted by molar-refractivity contribution is 8.70. The first-order valence-electron chi connectivity index (χ1n) is 29.0. The van der Waals surface area contributed by atoms with Gasteiger partial charge in [0.15, 0.2) is 0 Å². The number of ether oxygens (including phenoxy) is 6. The predicted octanol–water partition coefficient (Wildman–Crippen LogP) is 18.2. The zero-order valence-electron chi connectivity index (χ0n) is 49.9. The van der Waals surface area contributed by atoms with E-state index in [0.717, 1.165) is 28.4 Å².